The Kier molecular flexibility index (Phi) is 16.4. The molecule has 0 aliphatic heterocycles. The van der Waals surface area contributed by atoms with Crippen LogP contribution < -0.4 is 0 Å². The van der Waals surface area contributed by atoms with Gasteiger partial charge in [-0.05, 0) is 25.7 Å². The maximum absolute atomic E-state index is 10.9. The standard InChI is InChI=1S/C19H34O4/c1-3-4-12-15-18(23-21)16-13-10-8-6-5-7-9-11-14-17-19(20)22-2/h8,10,13,16,18,21H,3-7,9,11-12,14-15,17H2,1-2H3/b10-8+,16-13+/t18-/m0/s1. The first kappa shape index (κ1) is 21.9. The van der Waals surface area contributed by atoms with Gasteiger partial charge in [-0.2, -0.15) is 0 Å². The summed E-state index contributed by atoms with van der Waals surface area (Å²) in [5.41, 5.74) is 0. The van der Waals surface area contributed by atoms with Crippen LogP contribution in [0.5, 0.6) is 0 Å². The minimum Gasteiger partial charge on any atom is -0.469 e. The van der Waals surface area contributed by atoms with Crippen LogP contribution in [0, 0.1) is 0 Å². The van der Waals surface area contributed by atoms with Gasteiger partial charge in [-0.15, -0.1) is 0 Å². The molecule has 0 fully saturated rings. The summed E-state index contributed by atoms with van der Waals surface area (Å²) >= 11 is 0. The van der Waals surface area contributed by atoms with E-state index in [1.165, 1.54) is 39.2 Å². The average molecular weight is 326 g/mol. The van der Waals surface area contributed by atoms with Crippen molar-refractivity contribution in [2.45, 2.75) is 83.7 Å². The molecule has 0 radical (unpaired) electrons. The van der Waals surface area contributed by atoms with Crippen LogP contribution in [0.3, 0.4) is 0 Å². The molecule has 0 aromatic carbocycles. The van der Waals surface area contributed by atoms with E-state index in [9.17, 15) is 4.79 Å². The van der Waals surface area contributed by atoms with Crippen LogP contribution in [0.15, 0.2) is 24.3 Å². The van der Waals surface area contributed by atoms with E-state index in [0.29, 0.717) is 6.42 Å². The Hall–Kier alpha value is -1.13. The lowest BCUT2D eigenvalue weighted by molar-refractivity contribution is -0.267. The van der Waals surface area contributed by atoms with Crippen molar-refractivity contribution < 1.29 is 19.7 Å². The van der Waals surface area contributed by atoms with Gasteiger partial charge in [0.1, 0.15) is 6.10 Å². The molecule has 1 N–H and O–H groups in total. The van der Waals surface area contributed by atoms with E-state index in [2.05, 4.69) is 22.6 Å². The van der Waals surface area contributed by atoms with Gasteiger partial charge < -0.3 is 4.74 Å². The number of esters is 1. The topological polar surface area (TPSA) is 55.8 Å². The van der Waals surface area contributed by atoms with Gasteiger partial charge in [0.15, 0.2) is 0 Å². The maximum atomic E-state index is 10.9. The van der Waals surface area contributed by atoms with Crippen LogP contribution in [-0.2, 0) is 14.4 Å². The zero-order valence-corrected chi connectivity index (χ0v) is 14.8. The smallest absolute Gasteiger partial charge is 0.305 e. The second kappa shape index (κ2) is 17.2. The fourth-order valence-electron chi connectivity index (χ4n) is 2.31. The van der Waals surface area contributed by atoms with Gasteiger partial charge in [0.05, 0.1) is 7.11 Å². The normalized spacial score (nSPS) is 13.0. The highest BCUT2D eigenvalue weighted by Crippen LogP contribution is 2.09. The molecular weight excluding hydrogens is 292 g/mol. The quantitative estimate of drug-likeness (QED) is 0.143. The van der Waals surface area contributed by atoms with Gasteiger partial charge in [-0.1, -0.05) is 69.8 Å². The number of carbonyl (C=O) groups excluding carboxylic acids is 1. The lowest BCUT2D eigenvalue weighted by Crippen LogP contribution is -2.06. The van der Waals surface area contributed by atoms with Crippen LogP contribution in [-0.4, -0.2) is 24.4 Å². The third-order valence-electron chi connectivity index (χ3n) is 3.78. The zero-order valence-electron chi connectivity index (χ0n) is 14.8. The highest BCUT2D eigenvalue weighted by molar-refractivity contribution is 5.68. The number of carbonyl (C=O) groups is 1. The number of ether oxygens (including phenoxy) is 1. The number of methoxy groups -OCH3 is 1. The molecule has 1 atom stereocenters. The van der Waals surface area contributed by atoms with Crippen LogP contribution in [0.2, 0.25) is 0 Å². The van der Waals surface area contributed by atoms with Crippen molar-refractivity contribution in [3.63, 3.8) is 0 Å². The van der Waals surface area contributed by atoms with Crippen molar-refractivity contribution >= 4 is 5.97 Å². The number of allylic oxidation sites excluding steroid dienone is 3. The molecule has 0 saturated carbocycles. The second-order valence-electron chi connectivity index (χ2n) is 5.84. The van der Waals surface area contributed by atoms with Gasteiger partial charge in [-0.3, -0.25) is 10.1 Å². The first-order chi connectivity index (χ1) is 11.2. The molecule has 0 amide bonds. The molecule has 0 heterocycles. The molecular formula is C19H34O4. The molecule has 0 aromatic heterocycles. The summed E-state index contributed by atoms with van der Waals surface area (Å²) in [5.74, 6) is -0.112. The summed E-state index contributed by atoms with van der Waals surface area (Å²) in [6, 6.07) is 0. The predicted molar refractivity (Wildman–Crippen MR) is 94.3 cm³/mol. The van der Waals surface area contributed by atoms with Gasteiger partial charge in [-0.25, -0.2) is 4.89 Å². The molecule has 0 spiro atoms. The van der Waals surface area contributed by atoms with Crippen molar-refractivity contribution in [3.05, 3.63) is 24.3 Å². The third kappa shape index (κ3) is 15.5. The number of hydrogen-bond acceptors (Lipinski definition) is 4. The first-order valence-corrected chi connectivity index (χ1v) is 8.95. The molecule has 0 aliphatic rings. The summed E-state index contributed by atoms with van der Waals surface area (Å²) in [6.45, 7) is 2.16. The van der Waals surface area contributed by atoms with Gasteiger partial charge in [0, 0.05) is 6.42 Å². The minimum absolute atomic E-state index is 0.112. The highest BCUT2D eigenvalue weighted by atomic mass is 17.1. The Morgan fingerprint density at radius 2 is 1.78 bits per heavy atom. The monoisotopic (exact) mass is 326 g/mol. The van der Waals surface area contributed by atoms with Gasteiger partial charge in [0.25, 0.3) is 0 Å². The molecule has 4 heteroatoms. The lowest BCUT2D eigenvalue weighted by atomic mass is 10.1. The minimum atomic E-state index is -0.194. The molecule has 0 bridgehead atoms. The SMILES string of the molecule is CCCCC[C@@H](/C=C/C=C/CCCCCCCC(=O)OC)OO. The summed E-state index contributed by atoms with van der Waals surface area (Å²) in [5, 5.41) is 8.81. The van der Waals surface area contributed by atoms with Crippen molar-refractivity contribution in [1.82, 2.24) is 0 Å². The van der Waals surface area contributed by atoms with Gasteiger partial charge >= 0.3 is 5.97 Å². The zero-order chi connectivity index (χ0) is 17.2. The van der Waals surface area contributed by atoms with Crippen molar-refractivity contribution in [2.24, 2.45) is 0 Å². The van der Waals surface area contributed by atoms with Gasteiger partial charge in [0.2, 0.25) is 0 Å². The molecule has 0 aromatic rings. The fourth-order valence-corrected chi connectivity index (χ4v) is 2.31. The van der Waals surface area contributed by atoms with Crippen LogP contribution in [0.4, 0.5) is 0 Å². The predicted octanol–water partition coefficient (Wildman–Crippen LogP) is 5.44. The number of hydrogen-bond donors (Lipinski definition) is 1. The largest absolute Gasteiger partial charge is 0.469 e. The van der Waals surface area contributed by atoms with Crippen molar-refractivity contribution in [1.29, 1.82) is 0 Å². The maximum Gasteiger partial charge on any atom is 0.305 e. The highest BCUT2D eigenvalue weighted by Gasteiger charge is 2.02. The summed E-state index contributed by atoms with van der Waals surface area (Å²) in [4.78, 5) is 15.4. The average Bonchev–Trinajstić information content (AvgIpc) is 2.57. The van der Waals surface area contributed by atoms with E-state index in [-0.39, 0.29) is 12.1 Å². The Morgan fingerprint density at radius 3 is 2.48 bits per heavy atom. The molecule has 134 valence electrons. The van der Waals surface area contributed by atoms with Crippen LogP contribution in [0.25, 0.3) is 0 Å². The molecule has 0 rings (SSSR count). The Bertz CT molecular complexity index is 323. The fraction of sp³-hybridized carbons (Fsp3) is 0.737. The van der Waals surface area contributed by atoms with E-state index in [0.717, 1.165) is 32.1 Å². The summed E-state index contributed by atoms with van der Waals surface area (Å²) < 4.78 is 4.61. The lowest BCUT2D eigenvalue weighted by Gasteiger charge is -2.07. The summed E-state index contributed by atoms with van der Waals surface area (Å²) in [6.07, 6.45) is 19.2. The Labute approximate surface area is 141 Å². The molecule has 4 nitrogen and oxygen atoms in total. The number of rotatable bonds is 15. The molecule has 0 aliphatic carbocycles. The third-order valence-corrected chi connectivity index (χ3v) is 3.78. The van der Waals surface area contributed by atoms with E-state index in [1.54, 1.807) is 0 Å². The van der Waals surface area contributed by atoms with Crippen molar-refractivity contribution in [2.75, 3.05) is 7.11 Å². The Morgan fingerprint density at radius 1 is 1.04 bits per heavy atom. The molecule has 0 saturated heterocycles. The van der Waals surface area contributed by atoms with E-state index in [4.69, 9.17) is 5.26 Å². The second-order valence-corrected chi connectivity index (χ2v) is 5.84. The molecule has 23 heavy (non-hydrogen) atoms. The van der Waals surface area contributed by atoms with Crippen LogP contribution >= 0.6 is 0 Å². The van der Waals surface area contributed by atoms with E-state index < -0.39 is 0 Å². The Balaban J connectivity index is 3.51. The first-order valence-electron chi connectivity index (χ1n) is 8.95. The molecule has 0 unspecified atom stereocenters. The van der Waals surface area contributed by atoms with E-state index in [1.807, 2.05) is 18.2 Å². The van der Waals surface area contributed by atoms with Crippen LogP contribution in [0.1, 0.15) is 77.6 Å². The number of unbranched alkanes of at least 4 members (excludes halogenated alkanes) is 7. The van der Waals surface area contributed by atoms with Crippen molar-refractivity contribution in [3.8, 4) is 0 Å². The summed E-state index contributed by atoms with van der Waals surface area (Å²) in [7, 11) is 1.43. The van der Waals surface area contributed by atoms with E-state index >= 15 is 0 Å².